The Morgan fingerprint density at radius 1 is 0.351 bits per heavy atom. The van der Waals surface area contributed by atoms with Gasteiger partial charge in [0.25, 0.3) is 0 Å². The smallest absolute Gasteiger partial charge is 0.137 e. The molecule has 9 aromatic carbocycles. The predicted octanol–water partition coefficient (Wildman–Crippen LogP) is 15.4. The lowest BCUT2D eigenvalue weighted by Crippen LogP contribution is -2.16. The van der Waals surface area contributed by atoms with Crippen molar-refractivity contribution in [2.24, 2.45) is 0 Å². The Hall–Kier alpha value is -7.16. The van der Waals surface area contributed by atoms with Gasteiger partial charge in [-0.15, -0.1) is 0 Å². The summed E-state index contributed by atoms with van der Waals surface area (Å²) in [5.74, 6) is 1.68. The molecule has 0 amide bonds. The van der Waals surface area contributed by atoms with E-state index in [1.54, 1.807) is 0 Å². The van der Waals surface area contributed by atoms with E-state index in [9.17, 15) is 0 Å². The Bertz CT molecular complexity index is 3020. The Morgan fingerprint density at radius 2 is 0.912 bits per heavy atom. The first-order valence-corrected chi connectivity index (χ1v) is 19.8. The maximum absolute atomic E-state index is 7.16. The van der Waals surface area contributed by atoms with Gasteiger partial charge in [0.05, 0.1) is 0 Å². The third-order valence-electron chi connectivity index (χ3n) is 12.0. The molecule has 0 radical (unpaired) electrons. The van der Waals surface area contributed by atoms with Crippen molar-refractivity contribution in [3.05, 3.63) is 211 Å². The van der Waals surface area contributed by atoms with Crippen molar-refractivity contribution >= 4 is 27.8 Å². The molecule has 0 saturated carbocycles. The van der Waals surface area contributed by atoms with E-state index in [0.29, 0.717) is 0 Å². The summed E-state index contributed by atoms with van der Waals surface area (Å²) in [6.07, 6.45) is 0. The predicted molar refractivity (Wildman–Crippen MR) is 238 cm³/mol. The molecule has 0 saturated heterocycles. The van der Waals surface area contributed by atoms with Gasteiger partial charge in [0.15, 0.2) is 0 Å². The molecule has 0 atom stereocenters. The first-order valence-electron chi connectivity index (χ1n) is 19.8. The Balaban J connectivity index is 1.13. The zero-order chi connectivity index (χ0) is 38.1. The lowest BCUT2D eigenvalue weighted by atomic mass is 9.82. The average Bonchev–Trinajstić information content (AvgIpc) is 3.40. The minimum atomic E-state index is -0.136. The fourth-order valence-corrected chi connectivity index (χ4v) is 9.23. The molecule has 9 aromatic rings. The molecule has 1 aliphatic carbocycles. The topological polar surface area (TPSA) is 12.5 Å². The third-order valence-corrected chi connectivity index (χ3v) is 12.0. The number of ether oxygens (including phenoxy) is 1. The van der Waals surface area contributed by atoms with Gasteiger partial charge in [-0.05, 0) is 109 Å². The van der Waals surface area contributed by atoms with Crippen LogP contribution in [0.2, 0.25) is 0 Å². The molecule has 0 bridgehead atoms. The van der Waals surface area contributed by atoms with Crippen LogP contribution in [-0.4, -0.2) is 0 Å². The number of rotatable bonds is 5. The van der Waals surface area contributed by atoms with Gasteiger partial charge in [0.2, 0.25) is 0 Å². The molecule has 57 heavy (non-hydrogen) atoms. The monoisotopic (exact) mass is 729 g/mol. The van der Waals surface area contributed by atoms with Crippen molar-refractivity contribution < 1.29 is 4.74 Å². The van der Waals surface area contributed by atoms with E-state index in [1.165, 1.54) is 55.5 Å². The highest BCUT2D eigenvalue weighted by Gasteiger charge is 2.36. The van der Waals surface area contributed by atoms with E-state index >= 15 is 0 Å². The van der Waals surface area contributed by atoms with Crippen molar-refractivity contribution in [2.75, 3.05) is 4.90 Å². The highest BCUT2D eigenvalue weighted by molar-refractivity contribution is 6.03. The number of hydrogen-bond donors (Lipinski definition) is 0. The van der Waals surface area contributed by atoms with Crippen molar-refractivity contribution in [2.45, 2.75) is 19.3 Å². The zero-order valence-corrected chi connectivity index (χ0v) is 31.9. The van der Waals surface area contributed by atoms with Gasteiger partial charge < -0.3 is 9.64 Å². The van der Waals surface area contributed by atoms with E-state index < -0.39 is 0 Å². The van der Waals surface area contributed by atoms with Crippen molar-refractivity contribution in [1.29, 1.82) is 0 Å². The van der Waals surface area contributed by atoms with Crippen LogP contribution < -0.4 is 9.64 Å². The van der Waals surface area contributed by atoms with Crippen LogP contribution in [0.4, 0.5) is 17.1 Å². The molecule has 11 rings (SSSR count). The van der Waals surface area contributed by atoms with Crippen LogP contribution in [0.1, 0.15) is 25.0 Å². The van der Waals surface area contributed by atoms with Gasteiger partial charge in [0.1, 0.15) is 11.5 Å². The molecule has 0 spiro atoms. The van der Waals surface area contributed by atoms with E-state index in [-0.39, 0.29) is 5.41 Å². The largest absolute Gasteiger partial charge is 0.456 e. The average molecular weight is 730 g/mol. The Morgan fingerprint density at radius 3 is 1.72 bits per heavy atom. The quantitative estimate of drug-likeness (QED) is 0.175. The summed E-state index contributed by atoms with van der Waals surface area (Å²) < 4.78 is 7.16. The van der Waals surface area contributed by atoms with E-state index in [1.807, 2.05) is 0 Å². The summed E-state index contributed by atoms with van der Waals surface area (Å²) in [5.41, 5.74) is 17.6. The van der Waals surface area contributed by atoms with Crippen molar-refractivity contribution in [3.8, 4) is 67.1 Å². The normalized spacial score (nSPS) is 13.0. The minimum absolute atomic E-state index is 0.136. The molecule has 2 aliphatic rings. The number of anilines is 3. The van der Waals surface area contributed by atoms with Gasteiger partial charge in [-0.25, -0.2) is 0 Å². The molecular weight excluding hydrogens is 691 g/mol. The SMILES string of the molecule is CC1(C)c2ccccc2-c2ccc(N(c3cccc(-c4ccccc4)c3)c3ccc4c(c3)Oc3cc5ccccc5cc3-c3c(-c5ccccc5)cccc3-4)cc21. The highest BCUT2D eigenvalue weighted by atomic mass is 16.5. The van der Waals surface area contributed by atoms with Gasteiger partial charge in [0, 0.05) is 45.2 Å². The maximum Gasteiger partial charge on any atom is 0.137 e. The highest BCUT2D eigenvalue weighted by Crippen LogP contribution is 2.54. The molecule has 270 valence electrons. The summed E-state index contributed by atoms with van der Waals surface area (Å²) in [6.45, 7) is 4.70. The molecule has 1 aliphatic heterocycles. The summed E-state index contributed by atoms with van der Waals surface area (Å²) in [6, 6.07) is 72.5. The number of nitrogens with zero attached hydrogens (tertiary/aromatic N) is 1. The number of fused-ring (bicyclic) bond motifs is 9. The van der Waals surface area contributed by atoms with Gasteiger partial charge >= 0.3 is 0 Å². The van der Waals surface area contributed by atoms with Crippen LogP contribution in [0, 0.1) is 0 Å². The second-order valence-electron chi connectivity index (χ2n) is 15.7. The fourth-order valence-electron chi connectivity index (χ4n) is 9.23. The summed E-state index contributed by atoms with van der Waals surface area (Å²) in [7, 11) is 0. The van der Waals surface area contributed by atoms with Crippen LogP contribution in [0.15, 0.2) is 200 Å². The van der Waals surface area contributed by atoms with Crippen LogP contribution in [-0.2, 0) is 5.41 Å². The molecule has 1 heterocycles. The molecule has 0 aromatic heterocycles. The second kappa shape index (κ2) is 13.0. The zero-order valence-electron chi connectivity index (χ0n) is 31.9. The molecule has 0 fully saturated rings. The fraction of sp³-hybridized carbons (Fsp3) is 0.0545. The maximum atomic E-state index is 7.16. The summed E-state index contributed by atoms with van der Waals surface area (Å²) in [5, 5.41) is 2.34. The van der Waals surface area contributed by atoms with Gasteiger partial charge in [-0.2, -0.15) is 0 Å². The lowest BCUT2D eigenvalue weighted by Gasteiger charge is -2.29. The first kappa shape index (κ1) is 33.2. The molecule has 2 heteroatoms. The van der Waals surface area contributed by atoms with Gasteiger partial charge in [-0.3, -0.25) is 0 Å². The molecule has 0 unspecified atom stereocenters. The van der Waals surface area contributed by atoms with Crippen LogP contribution in [0.25, 0.3) is 66.4 Å². The van der Waals surface area contributed by atoms with Crippen molar-refractivity contribution in [1.82, 2.24) is 0 Å². The molecular formula is C55H39NO. The molecule has 0 N–H and O–H groups in total. The molecule has 2 nitrogen and oxygen atoms in total. The minimum Gasteiger partial charge on any atom is -0.456 e. The number of benzene rings is 9. The van der Waals surface area contributed by atoms with E-state index in [2.05, 4.69) is 219 Å². The van der Waals surface area contributed by atoms with Crippen molar-refractivity contribution in [3.63, 3.8) is 0 Å². The number of hydrogen-bond acceptors (Lipinski definition) is 2. The van der Waals surface area contributed by atoms with Crippen LogP contribution in [0.5, 0.6) is 11.5 Å². The summed E-state index contributed by atoms with van der Waals surface area (Å²) in [4.78, 5) is 2.39. The van der Waals surface area contributed by atoms with Crippen LogP contribution in [0.3, 0.4) is 0 Å². The standard InChI is InChI=1S/C55H39NO/c1-55(2)50-26-12-11-23-45(50)46-29-27-42(34-51(46)55)56(41-22-13-21-38(31-41)36-15-5-3-6-16-36)43-28-30-47-48-25-14-24-44(37-17-7-4-8-18-37)54(48)49-32-39-19-9-10-20-40(39)33-52(49)57-53(47)35-43/h3-35H,1-2H3. The van der Waals surface area contributed by atoms with Gasteiger partial charge in [-0.1, -0.05) is 159 Å². The Labute approximate surface area is 333 Å². The third kappa shape index (κ3) is 5.40. The Kier molecular flexibility index (Phi) is 7.55. The first-order chi connectivity index (χ1) is 28.0. The van der Waals surface area contributed by atoms with Crippen LogP contribution >= 0.6 is 0 Å². The summed E-state index contributed by atoms with van der Waals surface area (Å²) >= 11 is 0. The lowest BCUT2D eigenvalue weighted by molar-refractivity contribution is 0.488. The van der Waals surface area contributed by atoms with E-state index in [4.69, 9.17) is 4.74 Å². The van der Waals surface area contributed by atoms with E-state index in [0.717, 1.165) is 50.6 Å². The second-order valence-corrected chi connectivity index (χ2v) is 15.7.